The molecule has 0 bridgehead atoms. The maximum absolute atomic E-state index is 12.9. The van der Waals surface area contributed by atoms with E-state index in [-0.39, 0.29) is 5.91 Å². The van der Waals surface area contributed by atoms with Crippen LogP contribution in [0.2, 0.25) is 0 Å². The number of hydrogen-bond acceptors (Lipinski definition) is 5. The number of rotatable bonds is 17. The molecule has 2 N–H and O–H groups in total. The molecule has 204 valence electrons. The molecular weight excluding hydrogens is 468 g/mol. The zero-order valence-corrected chi connectivity index (χ0v) is 23.0. The first-order valence-corrected chi connectivity index (χ1v) is 13.2. The minimum Gasteiger partial charge on any atom is -0.493 e. The first kappa shape index (κ1) is 31.7. The van der Waals surface area contributed by atoms with Gasteiger partial charge in [-0.1, -0.05) is 0 Å². The van der Waals surface area contributed by atoms with Gasteiger partial charge < -0.3 is 24.8 Å². The first-order valence-electron chi connectivity index (χ1n) is 13.2. The normalized spacial score (nSPS) is 10.6. The lowest BCUT2D eigenvalue weighted by molar-refractivity contribution is 0.0527. The molecular formula is C30H44N2O5. The highest BCUT2D eigenvalue weighted by Crippen LogP contribution is 2.30. The number of unbranched alkanes of at least 4 members (excludes halogenated alkanes) is 6. The number of carbonyl (C=O) groups is 2. The third-order valence-corrected chi connectivity index (χ3v) is 5.33. The molecule has 7 heteroatoms. The zero-order chi connectivity index (χ0) is 27.5. The summed E-state index contributed by atoms with van der Waals surface area (Å²) in [5, 5.41) is 5.71. The SMILES string of the molecule is C#CCCCCOc1cc(C(=O)NCCCCCNC(=O)OC(C)(C)C)cc(OCCCCC#C)c1C. The number of carbonyl (C=O) groups excluding carboxylic acids is 2. The lowest BCUT2D eigenvalue weighted by atomic mass is 10.1. The lowest BCUT2D eigenvalue weighted by Gasteiger charge is -2.19. The number of hydrogen-bond donors (Lipinski definition) is 2. The monoisotopic (exact) mass is 512 g/mol. The van der Waals surface area contributed by atoms with Crippen molar-refractivity contribution in [3.05, 3.63) is 23.3 Å². The van der Waals surface area contributed by atoms with E-state index in [2.05, 4.69) is 22.5 Å². The summed E-state index contributed by atoms with van der Waals surface area (Å²) in [4.78, 5) is 24.5. The Morgan fingerprint density at radius 2 is 1.32 bits per heavy atom. The molecule has 1 aromatic rings. The molecule has 0 unspecified atom stereocenters. The van der Waals surface area contributed by atoms with Crippen LogP contribution in [0.5, 0.6) is 11.5 Å². The van der Waals surface area contributed by atoms with Gasteiger partial charge in [0.15, 0.2) is 0 Å². The standard InChI is InChI=1S/C30H44N2O5/c1-7-9-11-16-20-35-26-22-25(23-27(24(26)3)36-21-17-12-10-8-2)28(33)31-18-14-13-15-19-32-29(34)37-30(4,5)6/h1-2,22-23H,9-21H2,3-6H3,(H,31,33)(H,32,34). The Morgan fingerprint density at radius 1 is 0.811 bits per heavy atom. The van der Waals surface area contributed by atoms with Gasteiger partial charge in [-0.25, -0.2) is 4.79 Å². The summed E-state index contributed by atoms with van der Waals surface area (Å²) >= 11 is 0. The molecule has 37 heavy (non-hydrogen) atoms. The Morgan fingerprint density at radius 3 is 1.81 bits per heavy atom. The van der Waals surface area contributed by atoms with Crippen molar-refractivity contribution in [3.8, 4) is 36.2 Å². The average Bonchev–Trinajstić information content (AvgIpc) is 2.83. The molecule has 0 spiro atoms. The molecule has 0 saturated carbocycles. The molecule has 0 aromatic heterocycles. The van der Waals surface area contributed by atoms with Crippen LogP contribution in [0, 0.1) is 31.6 Å². The average molecular weight is 513 g/mol. The number of benzene rings is 1. The molecule has 0 atom stereocenters. The fraction of sp³-hybridized carbons (Fsp3) is 0.600. The molecule has 0 aliphatic carbocycles. The van der Waals surface area contributed by atoms with Crippen LogP contribution in [0.4, 0.5) is 4.79 Å². The van der Waals surface area contributed by atoms with E-state index in [1.54, 1.807) is 12.1 Å². The first-order chi connectivity index (χ1) is 17.7. The highest BCUT2D eigenvalue weighted by Gasteiger charge is 2.16. The minimum atomic E-state index is -0.510. The summed E-state index contributed by atoms with van der Waals surface area (Å²) in [5.74, 6) is 6.36. The summed E-state index contributed by atoms with van der Waals surface area (Å²) in [6, 6.07) is 3.53. The Hall–Kier alpha value is -3.32. The predicted octanol–water partition coefficient (Wildman–Crippen LogP) is 5.78. The smallest absolute Gasteiger partial charge is 0.407 e. The number of nitrogens with one attached hydrogen (secondary N) is 2. The molecule has 2 amide bonds. The van der Waals surface area contributed by atoms with Gasteiger partial charge >= 0.3 is 6.09 Å². The van der Waals surface area contributed by atoms with Crippen molar-refractivity contribution >= 4 is 12.0 Å². The van der Waals surface area contributed by atoms with E-state index in [4.69, 9.17) is 27.1 Å². The highest BCUT2D eigenvalue weighted by molar-refractivity contribution is 5.95. The summed E-state index contributed by atoms with van der Waals surface area (Å²) in [5.41, 5.74) is 0.849. The third-order valence-electron chi connectivity index (χ3n) is 5.33. The van der Waals surface area contributed by atoms with E-state index in [0.717, 1.165) is 50.5 Å². The quantitative estimate of drug-likeness (QED) is 0.204. The van der Waals surface area contributed by atoms with E-state index in [9.17, 15) is 9.59 Å². The summed E-state index contributed by atoms with van der Waals surface area (Å²) < 4.78 is 17.2. The molecule has 1 rings (SSSR count). The second-order valence-electron chi connectivity index (χ2n) is 9.86. The van der Waals surface area contributed by atoms with E-state index in [0.29, 0.717) is 56.2 Å². The van der Waals surface area contributed by atoms with Crippen LogP contribution in [-0.2, 0) is 4.74 Å². The van der Waals surface area contributed by atoms with Gasteiger partial charge in [-0.2, -0.15) is 0 Å². The number of ether oxygens (including phenoxy) is 3. The van der Waals surface area contributed by atoms with Crippen LogP contribution in [-0.4, -0.2) is 43.9 Å². The van der Waals surface area contributed by atoms with Crippen molar-refractivity contribution in [3.63, 3.8) is 0 Å². The van der Waals surface area contributed by atoms with Gasteiger partial charge in [0.25, 0.3) is 5.91 Å². The summed E-state index contributed by atoms with van der Waals surface area (Å²) in [6.45, 7) is 9.52. The van der Waals surface area contributed by atoms with Crippen molar-refractivity contribution in [2.45, 2.75) is 91.1 Å². The molecule has 0 heterocycles. The van der Waals surface area contributed by atoms with Crippen LogP contribution in [0.15, 0.2) is 12.1 Å². The second kappa shape index (κ2) is 18.0. The van der Waals surface area contributed by atoms with E-state index in [1.165, 1.54) is 0 Å². The fourth-order valence-electron chi connectivity index (χ4n) is 3.35. The van der Waals surface area contributed by atoms with Gasteiger partial charge in [-0.15, -0.1) is 24.7 Å². The van der Waals surface area contributed by atoms with E-state index < -0.39 is 11.7 Å². The van der Waals surface area contributed by atoms with Gasteiger partial charge in [0, 0.05) is 37.1 Å². The van der Waals surface area contributed by atoms with Crippen LogP contribution < -0.4 is 20.1 Å². The summed E-state index contributed by atoms with van der Waals surface area (Å²) in [7, 11) is 0. The van der Waals surface area contributed by atoms with Crippen molar-refractivity contribution in [2.24, 2.45) is 0 Å². The van der Waals surface area contributed by atoms with Gasteiger partial charge in [-0.05, 0) is 84.8 Å². The van der Waals surface area contributed by atoms with Crippen molar-refractivity contribution in [2.75, 3.05) is 26.3 Å². The fourth-order valence-corrected chi connectivity index (χ4v) is 3.35. The van der Waals surface area contributed by atoms with Crippen LogP contribution in [0.3, 0.4) is 0 Å². The number of amides is 2. The largest absolute Gasteiger partial charge is 0.493 e. The maximum Gasteiger partial charge on any atom is 0.407 e. The van der Waals surface area contributed by atoms with Gasteiger partial charge in [0.1, 0.15) is 17.1 Å². The molecule has 0 aliphatic heterocycles. The molecule has 0 fully saturated rings. The number of terminal acetylenes is 2. The second-order valence-corrected chi connectivity index (χ2v) is 9.86. The lowest BCUT2D eigenvalue weighted by Crippen LogP contribution is -2.33. The Bertz CT molecular complexity index is 876. The predicted molar refractivity (Wildman–Crippen MR) is 148 cm³/mol. The topological polar surface area (TPSA) is 85.9 Å². The molecule has 0 radical (unpaired) electrons. The zero-order valence-electron chi connectivity index (χ0n) is 23.0. The van der Waals surface area contributed by atoms with Gasteiger partial charge in [0.2, 0.25) is 0 Å². The van der Waals surface area contributed by atoms with Crippen LogP contribution >= 0.6 is 0 Å². The molecule has 0 aliphatic rings. The third kappa shape index (κ3) is 14.7. The Balaban J connectivity index is 2.60. The van der Waals surface area contributed by atoms with Crippen LogP contribution in [0.1, 0.15) is 94.5 Å². The van der Waals surface area contributed by atoms with Crippen LogP contribution in [0.25, 0.3) is 0 Å². The summed E-state index contributed by atoms with van der Waals surface area (Å²) in [6.07, 6.45) is 17.6. The van der Waals surface area contributed by atoms with Gasteiger partial charge in [0.05, 0.1) is 13.2 Å². The Labute approximate surface area is 223 Å². The minimum absolute atomic E-state index is 0.179. The molecule has 0 saturated heterocycles. The Kier molecular flexibility index (Phi) is 15.4. The van der Waals surface area contributed by atoms with Crippen molar-refractivity contribution in [1.82, 2.24) is 10.6 Å². The van der Waals surface area contributed by atoms with E-state index in [1.807, 2.05) is 27.7 Å². The van der Waals surface area contributed by atoms with Crippen molar-refractivity contribution in [1.29, 1.82) is 0 Å². The van der Waals surface area contributed by atoms with E-state index >= 15 is 0 Å². The molecule has 1 aromatic carbocycles. The number of alkyl carbamates (subject to hydrolysis) is 1. The van der Waals surface area contributed by atoms with Crippen molar-refractivity contribution < 1.29 is 23.8 Å². The highest BCUT2D eigenvalue weighted by atomic mass is 16.6. The molecule has 7 nitrogen and oxygen atoms in total. The maximum atomic E-state index is 12.9. The van der Waals surface area contributed by atoms with Gasteiger partial charge in [-0.3, -0.25) is 4.79 Å².